The van der Waals surface area contributed by atoms with Gasteiger partial charge in [-0.25, -0.2) is 9.59 Å². The number of aliphatic carboxylic acids is 1. The first-order valence-corrected chi connectivity index (χ1v) is 7.04. The first-order valence-electron chi connectivity index (χ1n) is 7.04. The zero-order valence-electron chi connectivity index (χ0n) is 12.0. The molecule has 0 unspecified atom stereocenters. The van der Waals surface area contributed by atoms with Crippen molar-refractivity contribution >= 4 is 12.0 Å². The zero-order chi connectivity index (χ0) is 15.2. The Morgan fingerprint density at radius 2 is 2.29 bits per heavy atom. The lowest BCUT2D eigenvalue weighted by atomic mass is 10.2. The van der Waals surface area contributed by atoms with Gasteiger partial charge in [0.1, 0.15) is 18.4 Å². The Hall–Kier alpha value is -2.24. The SMILES string of the molecule is Cc1cccc(OCCNC(=O)N2CCC[C@@H]2C(=O)O)c1. The molecule has 0 aliphatic carbocycles. The number of benzene rings is 1. The number of nitrogens with one attached hydrogen (secondary N) is 1. The normalized spacial score (nSPS) is 17.6. The van der Waals surface area contributed by atoms with E-state index in [4.69, 9.17) is 9.84 Å². The van der Waals surface area contributed by atoms with E-state index in [1.54, 1.807) is 0 Å². The number of carbonyl (C=O) groups is 2. The number of carboxylic acid groups (broad SMARTS) is 1. The van der Waals surface area contributed by atoms with Crippen LogP contribution in [0.1, 0.15) is 18.4 Å². The topological polar surface area (TPSA) is 78.9 Å². The molecule has 2 amide bonds. The third-order valence-corrected chi connectivity index (χ3v) is 3.44. The Bertz CT molecular complexity index is 518. The smallest absolute Gasteiger partial charge is 0.326 e. The number of urea groups is 1. The van der Waals surface area contributed by atoms with Gasteiger partial charge in [-0.2, -0.15) is 0 Å². The van der Waals surface area contributed by atoms with Gasteiger partial charge in [0.25, 0.3) is 0 Å². The van der Waals surface area contributed by atoms with E-state index in [0.29, 0.717) is 26.1 Å². The molecule has 1 atom stereocenters. The highest BCUT2D eigenvalue weighted by molar-refractivity contribution is 5.83. The van der Waals surface area contributed by atoms with Crippen LogP contribution < -0.4 is 10.1 Å². The Balaban J connectivity index is 1.73. The van der Waals surface area contributed by atoms with E-state index in [-0.39, 0.29) is 6.03 Å². The van der Waals surface area contributed by atoms with Crippen LogP contribution in [0.5, 0.6) is 5.75 Å². The summed E-state index contributed by atoms with van der Waals surface area (Å²) in [5.41, 5.74) is 1.11. The highest BCUT2D eigenvalue weighted by Gasteiger charge is 2.33. The van der Waals surface area contributed by atoms with Crippen LogP contribution in [0, 0.1) is 6.92 Å². The molecule has 2 rings (SSSR count). The van der Waals surface area contributed by atoms with E-state index in [1.807, 2.05) is 31.2 Å². The maximum Gasteiger partial charge on any atom is 0.326 e. The van der Waals surface area contributed by atoms with Crippen molar-refractivity contribution in [2.24, 2.45) is 0 Å². The second-order valence-electron chi connectivity index (χ2n) is 5.09. The molecular formula is C15H20N2O4. The van der Waals surface area contributed by atoms with Crippen molar-refractivity contribution in [1.29, 1.82) is 0 Å². The summed E-state index contributed by atoms with van der Waals surface area (Å²) in [6.07, 6.45) is 1.24. The third kappa shape index (κ3) is 4.11. The molecule has 0 saturated carbocycles. The Morgan fingerprint density at radius 3 is 3.00 bits per heavy atom. The van der Waals surface area contributed by atoms with Crippen molar-refractivity contribution in [3.05, 3.63) is 29.8 Å². The fourth-order valence-electron chi connectivity index (χ4n) is 2.40. The third-order valence-electron chi connectivity index (χ3n) is 3.44. The fourth-order valence-corrected chi connectivity index (χ4v) is 2.40. The number of hydrogen-bond donors (Lipinski definition) is 2. The van der Waals surface area contributed by atoms with Gasteiger partial charge in [-0.1, -0.05) is 12.1 Å². The van der Waals surface area contributed by atoms with Gasteiger partial charge in [0.05, 0.1) is 6.54 Å². The second kappa shape index (κ2) is 6.97. The minimum Gasteiger partial charge on any atom is -0.492 e. The standard InChI is InChI=1S/C15H20N2O4/c1-11-4-2-5-12(10-11)21-9-7-16-15(20)17-8-3-6-13(17)14(18)19/h2,4-5,10,13H,3,6-9H2,1H3,(H,16,20)(H,18,19)/t13-/m1/s1. The summed E-state index contributed by atoms with van der Waals surface area (Å²) in [4.78, 5) is 24.3. The summed E-state index contributed by atoms with van der Waals surface area (Å²) in [5.74, 6) is -0.188. The molecule has 6 heteroatoms. The van der Waals surface area contributed by atoms with E-state index in [1.165, 1.54) is 4.90 Å². The van der Waals surface area contributed by atoms with Crippen molar-refractivity contribution < 1.29 is 19.4 Å². The maximum absolute atomic E-state index is 11.9. The van der Waals surface area contributed by atoms with Crippen LogP contribution >= 0.6 is 0 Å². The van der Waals surface area contributed by atoms with E-state index in [2.05, 4.69) is 5.32 Å². The van der Waals surface area contributed by atoms with Crippen molar-refractivity contribution in [3.8, 4) is 5.75 Å². The molecule has 114 valence electrons. The van der Waals surface area contributed by atoms with Gasteiger partial charge in [0, 0.05) is 6.54 Å². The van der Waals surface area contributed by atoms with Gasteiger partial charge in [0.2, 0.25) is 0 Å². The number of carbonyl (C=O) groups excluding carboxylic acids is 1. The number of amides is 2. The molecule has 0 bridgehead atoms. The summed E-state index contributed by atoms with van der Waals surface area (Å²) in [5, 5.41) is 11.7. The van der Waals surface area contributed by atoms with Crippen LogP contribution in [0.4, 0.5) is 4.79 Å². The van der Waals surface area contributed by atoms with Crippen molar-refractivity contribution in [3.63, 3.8) is 0 Å². The summed E-state index contributed by atoms with van der Waals surface area (Å²) in [6, 6.07) is 6.62. The van der Waals surface area contributed by atoms with E-state index < -0.39 is 12.0 Å². The molecule has 6 nitrogen and oxygen atoms in total. The predicted molar refractivity (Wildman–Crippen MR) is 77.4 cm³/mol. The van der Waals surface area contributed by atoms with Gasteiger partial charge in [-0.05, 0) is 37.5 Å². The first-order chi connectivity index (χ1) is 10.1. The average molecular weight is 292 g/mol. The summed E-state index contributed by atoms with van der Waals surface area (Å²) < 4.78 is 5.52. The van der Waals surface area contributed by atoms with Gasteiger partial charge in [-0.3, -0.25) is 0 Å². The van der Waals surface area contributed by atoms with Crippen molar-refractivity contribution in [2.75, 3.05) is 19.7 Å². The largest absolute Gasteiger partial charge is 0.492 e. The quantitative estimate of drug-likeness (QED) is 0.809. The molecule has 2 N–H and O–H groups in total. The van der Waals surface area contributed by atoms with E-state index in [0.717, 1.165) is 17.7 Å². The molecule has 0 spiro atoms. The van der Waals surface area contributed by atoms with Gasteiger partial charge < -0.3 is 20.1 Å². The lowest BCUT2D eigenvalue weighted by Crippen LogP contribution is -2.46. The van der Waals surface area contributed by atoms with Crippen LogP contribution in [0.25, 0.3) is 0 Å². The Kier molecular flexibility index (Phi) is 5.03. The van der Waals surface area contributed by atoms with Crippen LogP contribution in [-0.4, -0.2) is 47.7 Å². The van der Waals surface area contributed by atoms with Crippen LogP contribution in [0.3, 0.4) is 0 Å². The molecule has 1 aromatic rings. The molecule has 1 saturated heterocycles. The number of aryl methyl sites for hydroxylation is 1. The average Bonchev–Trinajstić information content (AvgIpc) is 2.93. The number of ether oxygens (including phenoxy) is 1. The first kappa shape index (κ1) is 15.2. The molecule has 1 aliphatic heterocycles. The van der Waals surface area contributed by atoms with Gasteiger partial charge >= 0.3 is 12.0 Å². The molecule has 1 fully saturated rings. The molecule has 21 heavy (non-hydrogen) atoms. The highest BCUT2D eigenvalue weighted by atomic mass is 16.5. The molecule has 0 radical (unpaired) electrons. The number of rotatable bonds is 5. The Morgan fingerprint density at radius 1 is 1.48 bits per heavy atom. The molecular weight excluding hydrogens is 272 g/mol. The lowest BCUT2D eigenvalue weighted by Gasteiger charge is -2.21. The van der Waals surface area contributed by atoms with E-state index >= 15 is 0 Å². The van der Waals surface area contributed by atoms with Gasteiger partial charge in [-0.15, -0.1) is 0 Å². The number of hydrogen-bond acceptors (Lipinski definition) is 3. The molecule has 1 heterocycles. The molecule has 1 aromatic carbocycles. The van der Waals surface area contributed by atoms with E-state index in [9.17, 15) is 9.59 Å². The summed E-state index contributed by atoms with van der Waals surface area (Å²) >= 11 is 0. The summed E-state index contributed by atoms with van der Waals surface area (Å²) in [7, 11) is 0. The highest BCUT2D eigenvalue weighted by Crippen LogP contribution is 2.17. The second-order valence-corrected chi connectivity index (χ2v) is 5.09. The predicted octanol–water partition coefficient (Wildman–Crippen LogP) is 1.63. The minimum absolute atomic E-state index is 0.340. The number of nitrogens with zero attached hydrogens (tertiary/aromatic N) is 1. The van der Waals surface area contributed by atoms with Gasteiger partial charge in [0.15, 0.2) is 0 Å². The van der Waals surface area contributed by atoms with Crippen LogP contribution in [0.2, 0.25) is 0 Å². The number of likely N-dealkylation sites (tertiary alicyclic amines) is 1. The van der Waals surface area contributed by atoms with Crippen LogP contribution in [0.15, 0.2) is 24.3 Å². The van der Waals surface area contributed by atoms with Crippen LogP contribution in [-0.2, 0) is 4.79 Å². The Labute approximate surface area is 123 Å². The van der Waals surface area contributed by atoms with Crippen molar-refractivity contribution in [2.45, 2.75) is 25.8 Å². The zero-order valence-corrected chi connectivity index (χ0v) is 12.0. The van der Waals surface area contributed by atoms with Crippen molar-refractivity contribution in [1.82, 2.24) is 10.2 Å². The lowest BCUT2D eigenvalue weighted by molar-refractivity contribution is -0.141. The number of carboxylic acids is 1. The molecule has 0 aromatic heterocycles. The fraction of sp³-hybridized carbons (Fsp3) is 0.467. The molecule has 1 aliphatic rings. The maximum atomic E-state index is 11.9. The minimum atomic E-state index is -0.946. The monoisotopic (exact) mass is 292 g/mol. The summed E-state index contributed by atoms with van der Waals surface area (Å²) in [6.45, 7) is 3.16.